The number of β-amino-alcohol motifs (C(OH)–C–C–N with tert-alkyl or cyclic N) is 1. The molecule has 1 saturated heterocycles. The van der Waals surface area contributed by atoms with E-state index in [1.807, 2.05) is 47.5 Å². The first-order chi connectivity index (χ1) is 11.6. The van der Waals surface area contributed by atoms with Gasteiger partial charge in [-0.2, -0.15) is 5.10 Å². The number of amides is 1. The minimum atomic E-state index is -0.426. The Bertz CT molecular complexity index is 634. The summed E-state index contributed by atoms with van der Waals surface area (Å²) in [6, 6.07) is 11.2. The highest BCUT2D eigenvalue weighted by Gasteiger charge is 2.30. The van der Waals surface area contributed by atoms with Crippen LogP contribution in [-0.4, -0.2) is 69.4 Å². The zero-order valence-electron chi connectivity index (χ0n) is 14.0. The summed E-state index contributed by atoms with van der Waals surface area (Å²) in [5.41, 5.74) is 0.942. The number of aliphatic hydroxyl groups excluding tert-OH is 1. The van der Waals surface area contributed by atoms with Crippen LogP contribution in [0, 0.1) is 0 Å². The van der Waals surface area contributed by atoms with E-state index in [1.54, 1.807) is 17.8 Å². The number of aromatic nitrogens is 2. The number of carbonyl (C=O) groups excluding carboxylic acids is 1. The molecule has 1 fully saturated rings. The van der Waals surface area contributed by atoms with Crippen molar-refractivity contribution in [3.63, 3.8) is 0 Å². The number of nitrogens with zero attached hydrogens (tertiary/aromatic N) is 4. The molecule has 0 saturated carbocycles. The summed E-state index contributed by atoms with van der Waals surface area (Å²) in [5.74, 6) is 0.0709. The number of rotatable bonds is 5. The van der Waals surface area contributed by atoms with Gasteiger partial charge in [0.15, 0.2) is 6.04 Å². The normalized spacial score (nSPS) is 18.3. The summed E-state index contributed by atoms with van der Waals surface area (Å²) in [6.45, 7) is 5.38. The smallest absolute Gasteiger partial charge is 0.252 e. The lowest BCUT2D eigenvalue weighted by atomic mass is 10.1. The molecule has 2 aromatic rings. The molecule has 2 heterocycles. The van der Waals surface area contributed by atoms with Crippen molar-refractivity contribution in [1.29, 1.82) is 0 Å². The summed E-state index contributed by atoms with van der Waals surface area (Å²) in [5, 5.41) is 13.8. The fraction of sp³-hybridized carbons (Fsp3) is 0.444. The van der Waals surface area contributed by atoms with Gasteiger partial charge in [0.25, 0.3) is 5.91 Å². The Labute approximate surface area is 142 Å². The van der Waals surface area contributed by atoms with E-state index in [2.05, 4.69) is 10.00 Å². The Morgan fingerprint density at radius 2 is 1.88 bits per heavy atom. The third-order valence-corrected chi connectivity index (χ3v) is 4.35. The van der Waals surface area contributed by atoms with Crippen LogP contribution in [0.2, 0.25) is 0 Å². The van der Waals surface area contributed by atoms with Crippen molar-refractivity contribution < 1.29 is 9.90 Å². The van der Waals surface area contributed by atoms with E-state index in [1.165, 1.54) is 0 Å². The molecule has 0 spiro atoms. The second kappa shape index (κ2) is 7.59. The Morgan fingerprint density at radius 3 is 2.46 bits per heavy atom. The summed E-state index contributed by atoms with van der Waals surface area (Å²) in [7, 11) is 0. The molecule has 2 atom stereocenters. The van der Waals surface area contributed by atoms with Crippen molar-refractivity contribution in [2.24, 2.45) is 0 Å². The second-order valence-corrected chi connectivity index (χ2v) is 6.27. The van der Waals surface area contributed by atoms with Gasteiger partial charge in [0.05, 0.1) is 6.10 Å². The summed E-state index contributed by atoms with van der Waals surface area (Å²) < 4.78 is 1.72. The first-order valence-corrected chi connectivity index (χ1v) is 8.38. The van der Waals surface area contributed by atoms with Gasteiger partial charge >= 0.3 is 0 Å². The maximum Gasteiger partial charge on any atom is 0.252 e. The number of benzene rings is 1. The SMILES string of the molecule is C[C@@H](O)CN1CCN(C(=O)[C@H](c2ccccc2)n2cccn2)CC1. The summed E-state index contributed by atoms with van der Waals surface area (Å²) in [4.78, 5) is 17.2. The van der Waals surface area contributed by atoms with Crippen LogP contribution < -0.4 is 0 Å². The van der Waals surface area contributed by atoms with Crippen molar-refractivity contribution in [2.45, 2.75) is 19.1 Å². The van der Waals surface area contributed by atoms with Gasteiger partial charge in [0.2, 0.25) is 0 Å². The van der Waals surface area contributed by atoms with E-state index in [4.69, 9.17) is 0 Å². The predicted molar refractivity (Wildman–Crippen MR) is 91.5 cm³/mol. The van der Waals surface area contributed by atoms with Crippen molar-refractivity contribution in [2.75, 3.05) is 32.7 Å². The van der Waals surface area contributed by atoms with Crippen LogP contribution >= 0.6 is 0 Å². The molecule has 6 nitrogen and oxygen atoms in total. The molecule has 1 aliphatic rings. The third kappa shape index (κ3) is 3.83. The van der Waals surface area contributed by atoms with Gasteiger partial charge in [0, 0.05) is 45.1 Å². The summed E-state index contributed by atoms with van der Waals surface area (Å²) in [6.07, 6.45) is 3.19. The van der Waals surface area contributed by atoms with Crippen LogP contribution in [0.15, 0.2) is 48.8 Å². The molecule has 0 bridgehead atoms. The lowest BCUT2D eigenvalue weighted by Crippen LogP contribution is -2.51. The quantitative estimate of drug-likeness (QED) is 0.889. The minimum absolute atomic E-state index is 0.0709. The first-order valence-electron chi connectivity index (χ1n) is 8.38. The monoisotopic (exact) mass is 328 g/mol. The van der Waals surface area contributed by atoms with Gasteiger partial charge in [-0.05, 0) is 18.6 Å². The van der Waals surface area contributed by atoms with Gasteiger partial charge in [-0.1, -0.05) is 30.3 Å². The van der Waals surface area contributed by atoms with Crippen LogP contribution in [0.4, 0.5) is 0 Å². The maximum atomic E-state index is 13.1. The maximum absolute atomic E-state index is 13.1. The van der Waals surface area contributed by atoms with Crippen LogP contribution in [0.3, 0.4) is 0 Å². The van der Waals surface area contributed by atoms with E-state index in [9.17, 15) is 9.90 Å². The van der Waals surface area contributed by atoms with E-state index >= 15 is 0 Å². The highest BCUT2D eigenvalue weighted by Crippen LogP contribution is 2.21. The molecule has 3 rings (SSSR count). The van der Waals surface area contributed by atoms with Crippen LogP contribution in [0.1, 0.15) is 18.5 Å². The summed E-state index contributed by atoms with van der Waals surface area (Å²) >= 11 is 0. The average Bonchev–Trinajstić information content (AvgIpc) is 3.10. The lowest BCUT2D eigenvalue weighted by molar-refractivity contribution is -0.135. The van der Waals surface area contributed by atoms with E-state index < -0.39 is 6.04 Å². The lowest BCUT2D eigenvalue weighted by Gasteiger charge is -2.37. The highest BCUT2D eigenvalue weighted by atomic mass is 16.3. The zero-order chi connectivity index (χ0) is 16.9. The van der Waals surface area contributed by atoms with Crippen molar-refractivity contribution >= 4 is 5.91 Å². The van der Waals surface area contributed by atoms with Crippen LogP contribution in [0.5, 0.6) is 0 Å². The number of carbonyl (C=O) groups is 1. The van der Waals surface area contributed by atoms with Crippen LogP contribution in [0.25, 0.3) is 0 Å². The minimum Gasteiger partial charge on any atom is -0.392 e. The molecule has 0 radical (unpaired) electrons. The Kier molecular flexibility index (Phi) is 5.27. The molecule has 1 N–H and O–H groups in total. The van der Waals surface area contributed by atoms with Crippen LogP contribution in [-0.2, 0) is 4.79 Å². The van der Waals surface area contributed by atoms with Crippen molar-refractivity contribution in [3.8, 4) is 0 Å². The Morgan fingerprint density at radius 1 is 1.17 bits per heavy atom. The van der Waals surface area contributed by atoms with Gasteiger partial charge < -0.3 is 10.0 Å². The van der Waals surface area contributed by atoms with E-state index in [0.717, 1.165) is 18.7 Å². The fourth-order valence-corrected chi connectivity index (χ4v) is 3.17. The first kappa shape index (κ1) is 16.7. The van der Waals surface area contributed by atoms with Crippen molar-refractivity contribution in [1.82, 2.24) is 19.6 Å². The molecule has 1 aromatic carbocycles. The fourth-order valence-electron chi connectivity index (χ4n) is 3.17. The molecule has 128 valence electrons. The van der Waals surface area contributed by atoms with Gasteiger partial charge in [-0.15, -0.1) is 0 Å². The molecule has 0 unspecified atom stereocenters. The predicted octanol–water partition coefficient (Wildman–Crippen LogP) is 0.997. The van der Waals surface area contributed by atoms with Gasteiger partial charge in [0.1, 0.15) is 0 Å². The molecule has 1 aromatic heterocycles. The molecule has 0 aliphatic carbocycles. The second-order valence-electron chi connectivity index (χ2n) is 6.27. The van der Waals surface area contributed by atoms with Gasteiger partial charge in [-0.3, -0.25) is 14.4 Å². The molecular weight excluding hydrogens is 304 g/mol. The van der Waals surface area contributed by atoms with Gasteiger partial charge in [-0.25, -0.2) is 0 Å². The Hall–Kier alpha value is -2.18. The Balaban J connectivity index is 1.74. The average molecular weight is 328 g/mol. The molecule has 24 heavy (non-hydrogen) atoms. The zero-order valence-corrected chi connectivity index (χ0v) is 14.0. The number of hydrogen-bond acceptors (Lipinski definition) is 4. The standard InChI is InChI=1S/C18H24N4O2/c1-15(23)14-20-10-12-21(13-11-20)18(24)17(22-9-5-8-19-22)16-6-3-2-4-7-16/h2-9,15,17,23H,10-14H2,1H3/t15-,17+/m1/s1. The number of piperazine rings is 1. The van der Waals surface area contributed by atoms with E-state index in [0.29, 0.717) is 19.6 Å². The molecule has 1 amide bonds. The molecule has 1 aliphatic heterocycles. The third-order valence-electron chi connectivity index (χ3n) is 4.35. The number of hydrogen-bond donors (Lipinski definition) is 1. The highest BCUT2D eigenvalue weighted by molar-refractivity contribution is 5.83. The largest absolute Gasteiger partial charge is 0.392 e. The molecular formula is C18H24N4O2. The topological polar surface area (TPSA) is 61.6 Å². The van der Waals surface area contributed by atoms with Crippen molar-refractivity contribution in [3.05, 3.63) is 54.4 Å². The molecule has 6 heteroatoms. The number of aliphatic hydroxyl groups is 1. The van der Waals surface area contributed by atoms with E-state index in [-0.39, 0.29) is 12.0 Å².